The van der Waals surface area contributed by atoms with E-state index in [1.807, 2.05) is 44.2 Å². The number of benzene rings is 1. The van der Waals surface area contributed by atoms with Gasteiger partial charge in [-0.2, -0.15) is 0 Å². The molecule has 0 fully saturated rings. The summed E-state index contributed by atoms with van der Waals surface area (Å²) in [6.45, 7) is 4.08. The molecule has 1 amide bonds. The Labute approximate surface area is 116 Å². The summed E-state index contributed by atoms with van der Waals surface area (Å²) < 4.78 is 0. The van der Waals surface area contributed by atoms with Gasteiger partial charge < -0.3 is 5.32 Å². The Morgan fingerprint density at radius 2 is 2.00 bits per heavy atom. The van der Waals surface area contributed by atoms with Crippen LogP contribution in [0, 0.1) is 0 Å². The summed E-state index contributed by atoms with van der Waals surface area (Å²) in [4.78, 5) is 12.9. The van der Waals surface area contributed by atoms with Crippen LogP contribution in [0.25, 0.3) is 0 Å². The largest absolute Gasteiger partial charge is 0.350 e. The molecule has 1 rings (SSSR count). The molecule has 0 unspecified atom stereocenters. The fraction of sp³-hybridized carbons (Fsp3) is 0.462. The van der Waals surface area contributed by atoms with Crippen LogP contribution in [-0.2, 0) is 4.79 Å². The molecule has 0 bridgehead atoms. The number of halogens is 1. The molecule has 94 valence electrons. The van der Waals surface area contributed by atoms with E-state index in [4.69, 9.17) is 0 Å². The highest BCUT2D eigenvalue weighted by Gasteiger charge is 2.19. The second-order valence-corrected chi connectivity index (χ2v) is 6.31. The van der Waals surface area contributed by atoms with Crippen LogP contribution in [0.1, 0.15) is 20.3 Å². The molecule has 4 heteroatoms. The number of alkyl halides is 1. The number of hydrogen-bond donors (Lipinski definition) is 1. The van der Waals surface area contributed by atoms with Gasteiger partial charge in [0.2, 0.25) is 5.91 Å². The van der Waals surface area contributed by atoms with Gasteiger partial charge in [0.15, 0.2) is 0 Å². The highest BCUT2D eigenvalue weighted by atomic mass is 79.9. The number of amides is 1. The molecule has 1 aromatic rings. The second-order valence-electron chi connectivity index (χ2n) is 4.47. The molecular formula is C13H18BrNOS. The maximum absolute atomic E-state index is 11.8. The van der Waals surface area contributed by atoms with Crippen molar-refractivity contribution in [3.05, 3.63) is 30.3 Å². The first kappa shape index (κ1) is 14.6. The van der Waals surface area contributed by atoms with Crippen LogP contribution >= 0.6 is 27.7 Å². The van der Waals surface area contributed by atoms with Crippen molar-refractivity contribution >= 4 is 33.6 Å². The molecule has 0 aliphatic heterocycles. The average Bonchev–Trinajstić information content (AvgIpc) is 2.27. The van der Waals surface area contributed by atoms with Crippen LogP contribution in [0.15, 0.2) is 35.2 Å². The zero-order chi connectivity index (χ0) is 12.7. The van der Waals surface area contributed by atoms with Crippen LogP contribution in [-0.4, -0.2) is 22.5 Å². The molecule has 1 aromatic carbocycles. The molecule has 0 aliphatic rings. The van der Waals surface area contributed by atoms with E-state index in [-0.39, 0.29) is 11.4 Å². The molecule has 0 atom stereocenters. The quantitative estimate of drug-likeness (QED) is 0.643. The number of rotatable bonds is 6. The summed E-state index contributed by atoms with van der Waals surface area (Å²) in [7, 11) is 0. The Morgan fingerprint density at radius 3 is 2.59 bits per heavy atom. The van der Waals surface area contributed by atoms with Crippen molar-refractivity contribution in [3.63, 3.8) is 0 Å². The Kier molecular flexibility index (Phi) is 6.06. The van der Waals surface area contributed by atoms with Gasteiger partial charge in [-0.3, -0.25) is 4.79 Å². The normalized spacial score (nSPS) is 11.2. The lowest BCUT2D eigenvalue weighted by Gasteiger charge is -2.25. The maximum atomic E-state index is 11.8. The first-order valence-corrected chi connectivity index (χ1v) is 7.69. The second kappa shape index (κ2) is 7.07. The van der Waals surface area contributed by atoms with Crippen molar-refractivity contribution in [2.45, 2.75) is 30.7 Å². The minimum atomic E-state index is -0.141. The van der Waals surface area contributed by atoms with Crippen molar-refractivity contribution in [2.75, 3.05) is 11.1 Å². The molecule has 2 nitrogen and oxygen atoms in total. The summed E-state index contributed by atoms with van der Waals surface area (Å²) in [6, 6.07) is 9.97. The Balaban J connectivity index is 2.35. The van der Waals surface area contributed by atoms with E-state index < -0.39 is 0 Å². The third-order valence-corrected chi connectivity index (χ3v) is 3.72. The summed E-state index contributed by atoms with van der Waals surface area (Å²) >= 11 is 4.96. The maximum Gasteiger partial charge on any atom is 0.230 e. The zero-order valence-electron chi connectivity index (χ0n) is 10.2. The molecule has 0 heterocycles. The number of hydrogen-bond acceptors (Lipinski definition) is 2. The monoisotopic (exact) mass is 315 g/mol. The van der Waals surface area contributed by atoms with Crippen LogP contribution in [0.4, 0.5) is 0 Å². The predicted octanol–water partition coefficient (Wildman–Crippen LogP) is 3.46. The fourth-order valence-corrected chi connectivity index (χ4v) is 3.09. The number of thioether (sulfide) groups is 1. The molecule has 0 aliphatic carbocycles. The van der Waals surface area contributed by atoms with Gasteiger partial charge in [0, 0.05) is 15.8 Å². The van der Waals surface area contributed by atoms with E-state index in [1.54, 1.807) is 11.8 Å². The first-order valence-electron chi connectivity index (χ1n) is 5.58. The summed E-state index contributed by atoms with van der Waals surface area (Å²) in [5.74, 6) is 0.556. The van der Waals surface area contributed by atoms with E-state index in [1.165, 1.54) is 0 Å². The molecule has 17 heavy (non-hydrogen) atoms. The molecule has 0 aromatic heterocycles. The summed E-state index contributed by atoms with van der Waals surface area (Å²) in [5, 5.41) is 3.93. The highest BCUT2D eigenvalue weighted by Crippen LogP contribution is 2.17. The Hall–Kier alpha value is -0.480. The van der Waals surface area contributed by atoms with Crippen LogP contribution < -0.4 is 5.32 Å². The average molecular weight is 316 g/mol. The van der Waals surface area contributed by atoms with E-state index >= 15 is 0 Å². The highest BCUT2D eigenvalue weighted by molar-refractivity contribution is 9.09. The molecule has 0 saturated heterocycles. The molecular weight excluding hydrogens is 298 g/mol. The van der Waals surface area contributed by atoms with Crippen molar-refractivity contribution in [3.8, 4) is 0 Å². The first-order chi connectivity index (χ1) is 8.03. The lowest BCUT2D eigenvalue weighted by Crippen LogP contribution is -2.44. The number of nitrogens with one attached hydrogen (secondary N) is 1. The van der Waals surface area contributed by atoms with E-state index in [9.17, 15) is 4.79 Å². The summed E-state index contributed by atoms with van der Waals surface area (Å²) in [5.41, 5.74) is -0.141. The standard InChI is InChI=1S/C13H18BrNOS/c1-13(2,8-9-14)15-12(16)10-17-11-6-4-3-5-7-11/h3-7H,8-10H2,1-2H3,(H,15,16). The minimum absolute atomic E-state index is 0.0878. The molecule has 0 radical (unpaired) electrons. The number of carbonyl (C=O) groups excluding carboxylic acids is 1. The van der Waals surface area contributed by atoms with Gasteiger partial charge in [-0.05, 0) is 32.4 Å². The van der Waals surface area contributed by atoms with Crippen LogP contribution in [0.2, 0.25) is 0 Å². The summed E-state index contributed by atoms with van der Waals surface area (Å²) in [6.07, 6.45) is 0.925. The van der Waals surface area contributed by atoms with Crippen molar-refractivity contribution in [2.24, 2.45) is 0 Å². The topological polar surface area (TPSA) is 29.1 Å². The van der Waals surface area contributed by atoms with E-state index in [0.29, 0.717) is 5.75 Å². The van der Waals surface area contributed by atoms with Crippen molar-refractivity contribution < 1.29 is 4.79 Å². The SMILES string of the molecule is CC(C)(CCBr)NC(=O)CSc1ccccc1. The zero-order valence-corrected chi connectivity index (χ0v) is 12.6. The third kappa shape index (κ3) is 6.13. The smallest absolute Gasteiger partial charge is 0.230 e. The van der Waals surface area contributed by atoms with E-state index in [0.717, 1.165) is 16.6 Å². The van der Waals surface area contributed by atoms with E-state index in [2.05, 4.69) is 21.2 Å². The van der Waals surface area contributed by atoms with Crippen molar-refractivity contribution in [1.82, 2.24) is 5.32 Å². The molecule has 1 N–H and O–H groups in total. The van der Waals surface area contributed by atoms with Gasteiger partial charge in [0.1, 0.15) is 0 Å². The third-order valence-electron chi connectivity index (χ3n) is 2.31. The predicted molar refractivity (Wildman–Crippen MR) is 77.8 cm³/mol. The van der Waals surface area contributed by atoms with Crippen LogP contribution in [0.5, 0.6) is 0 Å². The Bertz CT molecular complexity index is 354. The lowest BCUT2D eigenvalue weighted by atomic mass is 10.0. The van der Waals surface area contributed by atoms with Gasteiger partial charge in [0.05, 0.1) is 5.75 Å². The number of carbonyl (C=O) groups is 1. The minimum Gasteiger partial charge on any atom is -0.350 e. The van der Waals surface area contributed by atoms with Gasteiger partial charge >= 0.3 is 0 Å². The van der Waals surface area contributed by atoms with Gasteiger partial charge in [-0.1, -0.05) is 34.1 Å². The van der Waals surface area contributed by atoms with Gasteiger partial charge in [0.25, 0.3) is 0 Å². The van der Waals surface area contributed by atoms with Gasteiger partial charge in [-0.15, -0.1) is 11.8 Å². The Morgan fingerprint density at radius 1 is 1.35 bits per heavy atom. The lowest BCUT2D eigenvalue weighted by molar-refractivity contribution is -0.120. The van der Waals surface area contributed by atoms with Gasteiger partial charge in [-0.25, -0.2) is 0 Å². The molecule has 0 spiro atoms. The van der Waals surface area contributed by atoms with Crippen molar-refractivity contribution in [1.29, 1.82) is 0 Å². The molecule has 0 saturated carbocycles. The fourth-order valence-electron chi connectivity index (χ4n) is 1.38. The van der Waals surface area contributed by atoms with Crippen LogP contribution in [0.3, 0.4) is 0 Å².